The van der Waals surface area contributed by atoms with Crippen molar-refractivity contribution >= 4 is 0 Å². The van der Waals surface area contributed by atoms with Crippen LogP contribution >= 0.6 is 0 Å². The quantitative estimate of drug-likeness (QED) is 0.584. The minimum atomic E-state index is 0.632. The van der Waals surface area contributed by atoms with E-state index in [1.807, 2.05) is 0 Å². The largest absolute Gasteiger partial charge is 0.316 e. The van der Waals surface area contributed by atoms with Gasteiger partial charge in [-0.2, -0.15) is 0 Å². The molecule has 0 amide bonds. The molecule has 1 unspecified atom stereocenters. The van der Waals surface area contributed by atoms with Crippen LogP contribution in [0.1, 0.15) is 52.9 Å². The van der Waals surface area contributed by atoms with Gasteiger partial charge in [0.05, 0.1) is 0 Å². The number of nitrogens with one attached hydrogen (secondary N) is 1. The van der Waals surface area contributed by atoms with Gasteiger partial charge in [0.25, 0.3) is 0 Å². The Morgan fingerprint density at radius 1 is 1.21 bits per heavy atom. The summed E-state index contributed by atoms with van der Waals surface area (Å²) in [5, 5.41) is 3.44. The fourth-order valence-electron chi connectivity index (χ4n) is 2.17. The monoisotopic (exact) mass is 197 g/mol. The first-order valence-corrected chi connectivity index (χ1v) is 5.97. The smallest absolute Gasteiger partial charge is 0.0129 e. The van der Waals surface area contributed by atoms with Crippen molar-refractivity contribution in [1.82, 2.24) is 5.32 Å². The van der Waals surface area contributed by atoms with Crippen molar-refractivity contribution in [1.29, 1.82) is 0 Å². The zero-order valence-corrected chi connectivity index (χ0v) is 10.4. The molecule has 0 saturated heterocycles. The van der Waals surface area contributed by atoms with Crippen molar-refractivity contribution in [3.8, 4) is 0 Å². The molecule has 0 aliphatic heterocycles. The third kappa shape index (κ3) is 5.43. The molecule has 0 aromatic carbocycles. The van der Waals surface area contributed by atoms with E-state index in [0.717, 1.165) is 12.3 Å². The Morgan fingerprint density at radius 2 is 1.71 bits per heavy atom. The van der Waals surface area contributed by atoms with Crippen LogP contribution in [0.2, 0.25) is 0 Å². The maximum atomic E-state index is 4.01. The average Bonchev–Trinajstić information content (AvgIpc) is 2.13. The average molecular weight is 197 g/mol. The third-order valence-corrected chi connectivity index (χ3v) is 2.83. The molecule has 0 rings (SSSR count). The van der Waals surface area contributed by atoms with Gasteiger partial charge in [-0.25, -0.2) is 0 Å². The molecule has 0 fully saturated rings. The summed E-state index contributed by atoms with van der Waals surface area (Å²) >= 11 is 0. The van der Waals surface area contributed by atoms with Gasteiger partial charge in [0, 0.05) is 6.04 Å². The fourth-order valence-corrected chi connectivity index (χ4v) is 2.17. The molecule has 0 saturated carbocycles. The standard InChI is InChI=1S/C13H27N/c1-6-8-12(9-7-2)13(14-5)10-11(3)4/h12-14H,3,6-10H2,1-2,4-5H3. The van der Waals surface area contributed by atoms with Crippen molar-refractivity contribution in [3.05, 3.63) is 12.2 Å². The van der Waals surface area contributed by atoms with Crippen LogP contribution < -0.4 is 5.32 Å². The van der Waals surface area contributed by atoms with Crippen molar-refractivity contribution < 1.29 is 0 Å². The molecule has 1 atom stereocenters. The van der Waals surface area contributed by atoms with Gasteiger partial charge in [0.1, 0.15) is 0 Å². The SMILES string of the molecule is C=C(C)CC(NC)C(CCC)CCC. The maximum absolute atomic E-state index is 4.01. The summed E-state index contributed by atoms with van der Waals surface area (Å²) in [6.07, 6.45) is 6.39. The molecular formula is C13H27N. The van der Waals surface area contributed by atoms with Gasteiger partial charge in [-0.1, -0.05) is 32.3 Å². The number of rotatable bonds is 8. The first kappa shape index (κ1) is 13.7. The second-order valence-corrected chi connectivity index (χ2v) is 4.39. The lowest BCUT2D eigenvalue weighted by Crippen LogP contribution is -2.33. The lowest BCUT2D eigenvalue weighted by molar-refractivity contribution is 0.322. The molecule has 0 spiro atoms. The van der Waals surface area contributed by atoms with Crippen molar-refractivity contribution in [2.75, 3.05) is 7.05 Å². The van der Waals surface area contributed by atoms with E-state index in [0.29, 0.717) is 6.04 Å². The second kappa shape index (κ2) is 8.05. The lowest BCUT2D eigenvalue weighted by Gasteiger charge is -2.26. The molecule has 84 valence electrons. The molecule has 1 N–H and O–H groups in total. The Kier molecular flexibility index (Phi) is 7.87. The summed E-state index contributed by atoms with van der Waals surface area (Å²) in [4.78, 5) is 0. The number of hydrogen-bond acceptors (Lipinski definition) is 1. The van der Waals surface area contributed by atoms with Crippen LogP contribution in [0.3, 0.4) is 0 Å². The first-order valence-electron chi connectivity index (χ1n) is 5.97. The molecule has 0 aliphatic rings. The van der Waals surface area contributed by atoms with E-state index < -0.39 is 0 Å². The Morgan fingerprint density at radius 3 is 2.00 bits per heavy atom. The van der Waals surface area contributed by atoms with Crippen LogP contribution in [0, 0.1) is 5.92 Å². The third-order valence-electron chi connectivity index (χ3n) is 2.83. The van der Waals surface area contributed by atoms with Crippen molar-refractivity contribution in [3.63, 3.8) is 0 Å². The predicted octanol–water partition coefficient (Wildman–Crippen LogP) is 3.76. The van der Waals surface area contributed by atoms with Crippen LogP contribution in [0.5, 0.6) is 0 Å². The van der Waals surface area contributed by atoms with Crippen LogP contribution in [0.25, 0.3) is 0 Å². The molecule has 0 aliphatic carbocycles. The highest BCUT2D eigenvalue weighted by Crippen LogP contribution is 2.21. The molecule has 0 heterocycles. The lowest BCUT2D eigenvalue weighted by atomic mass is 9.87. The topological polar surface area (TPSA) is 12.0 Å². The zero-order chi connectivity index (χ0) is 11.0. The van der Waals surface area contributed by atoms with Gasteiger partial charge in [-0.3, -0.25) is 0 Å². The summed E-state index contributed by atoms with van der Waals surface area (Å²) in [6.45, 7) is 10.7. The van der Waals surface area contributed by atoms with Crippen molar-refractivity contribution in [2.24, 2.45) is 5.92 Å². The van der Waals surface area contributed by atoms with Gasteiger partial charge in [0.15, 0.2) is 0 Å². The Bertz CT molecular complexity index is 145. The zero-order valence-electron chi connectivity index (χ0n) is 10.4. The summed E-state index contributed by atoms with van der Waals surface area (Å²) in [5.41, 5.74) is 1.29. The van der Waals surface area contributed by atoms with Crippen LogP contribution in [0.15, 0.2) is 12.2 Å². The Balaban J connectivity index is 4.16. The molecule has 1 nitrogen and oxygen atoms in total. The molecule has 0 radical (unpaired) electrons. The summed E-state index contributed by atoms with van der Waals surface area (Å²) in [7, 11) is 2.08. The maximum Gasteiger partial charge on any atom is 0.0129 e. The Labute approximate surface area is 90.0 Å². The molecule has 0 aromatic rings. The van der Waals surface area contributed by atoms with Crippen LogP contribution in [-0.2, 0) is 0 Å². The summed E-state index contributed by atoms with van der Waals surface area (Å²) in [6, 6.07) is 0.632. The Hall–Kier alpha value is -0.300. The molecular weight excluding hydrogens is 170 g/mol. The minimum Gasteiger partial charge on any atom is -0.316 e. The van der Waals surface area contributed by atoms with E-state index in [-0.39, 0.29) is 0 Å². The minimum absolute atomic E-state index is 0.632. The summed E-state index contributed by atoms with van der Waals surface area (Å²) < 4.78 is 0. The fraction of sp³-hybridized carbons (Fsp3) is 0.846. The van der Waals surface area contributed by atoms with E-state index >= 15 is 0 Å². The van der Waals surface area contributed by atoms with Crippen LogP contribution in [0.4, 0.5) is 0 Å². The highest BCUT2D eigenvalue weighted by atomic mass is 14.9. The van der Waals surface area contributed by atoms with Crippen molar-refractivity contribution in [2.45, 2.75) is 58.9 Å². The highest BCUT2D eigenvalue weighted by Gasteiger charge is 2.17. The van der Waals surface area contributed by atoms with E-state index in [1.165, 1.54) is 31.3 Å². The predicted molar refractivity (Wildman–Crippen MR) is 65.6 cm³/mol. The van der Waals surface area contributed by atoms with Gasteiger partial charge >= 0.3 is 0 Å². The first-order chi connectivity index (χ1) is 6.65. The highest BCUT2D eigenvalue weighted by molar-refractivity contribution is 4.94. The van der Waals surface area contributed by atoms with E-state index in [2.05, 4.69) is 39.7 Å². The van der Waals surface area contributed by atoms with E-state index in [9.17, 15) is 0 Å². The molecule has 14 heavy (non-hydrogen) atoms. The van der Waals surface area contributed by atoms with E-state index in [1.54, 1.807) is 0 Å². The van der Waals surface area contributed by atoms with Gasteiger partial charge in [-0.15, -0.1) is 6.58 Å². The van der Waals surface area contributed by atoms with Gasteiger partial charge < -0.3 is 5.32 Å². The normalized spacial score (nSPS) is 13.2. The molecule has 1 heteroatoms. The van der Waals surface area contributed by atoms with E-state index in [4.69, 9.17) is 0 Å². The molecule has 0 aromatic heterocycles. The number of hydrogen-bond donors (Lipinski definition) is 1. The summed E-state index contributed by atoms with van der Waals surface area (Å²) in [5.74, 6) is 0.826. The molecule has 0 bridgehead atoms. The van der Waals surface area contributed by atoms with Gasteiger partial charge in [-0.05, 0) is 39.2 Å². The second-order valence-electron chi connectivity index (χ2n) is 4.39. The van der Waals surface area contributed by atoms with Crippen LogP contribution in [-0.4, -0.2) is 13.1 Å². The van der Waals surface area contributed by atoms with Gasteiger partial charge in [0.2, 0.25) is 0 Å².